The first kappa shape index (κ1) is 11.2. The van der Waals surface area contributed by atoms with Crippen molar-refractivity contribution >= 4 is 5.97 Å². The summed E-state index contributed by atoms with van der Waals surface area (Å²) in [5.41, 5.74) is 1.68. The molecular weight excluding hydrogens is 206 g/mol. The average molecular weight is 223 g/mol. The second-order valence-electron chi connectivity index (χ2n) is 3.92. The van der Waals surface area contributed by atoms with E-state index in [2.05, 4.69) is 4.98 Å². The van der Waals surface area contributed by atoms with Crippen LogP contribution in [0.1, 0.15) is 41.7 Å². The zero-order valence-corrected chi connectivity index (χ0v) is 9.49. The highest BCUT2D eigenvalue weighted by atomic mass is 16.5. The van der Waals surface area contributed by atoms with Gasteiger partial charge in [0.1, 0.15) is 5.69 Å². The lowest BCUT2D eigenvalue weighted by molar-refractivity contribution is 0.0513. The molecule has 1 aromatic heterocycles. The molecule has 4 nitrogen and oxygen atoms in total. The molecule has 0 aliphatic carbocycles. The minimum absolute atomic E-state index is 0.256. The van der Waals surface area contributed by atoms with Gasteiger partial charge in [-0.3, -0.25) is 0 Å². The number of hydrogen-bond donors (Lipinski definition) is 1. The maximum atomic E-state index is 11.7. The summed E-state index contributed by atoms with van der Waals surface area (Å²) in [5.74, 6) is 0.161. The van der Waals surface area contributed by atoms with Crippen molar-refractivity contribution in [2.24, 2.45) is 0 Å². The molecule has 0 bridgehead atoms. The molecule has 1 fully saturated rings. The van der Waals surface area contributed by atoms with Crippen LogP contribution >= 0.6 is 0 Å². The van der Waals surface area contributed by atoms with Crippen molar-refractivity contribution in [3.8, 4) is 0 Å². The third-order valence-electron chi connectivity index (χ3n) is 2.92. The molecule has 1 aliphatic heterocycles. The summed E-state index contributed by atoms with van der Waals surface area (Å²) in [5, 5.41) is 0. The average Bonchev–Trinajstić information content (AvgIpc) is 2.79. The van der Waals surface area contributed by atoms with Crippen molar-refractivity contribution in [2.45, 2.75) is 25.7 Å². The van der Waals surface area contributed by atoms with E-state index in [1.54, 1.807) is 6.20 Å². The van der Waals surface area contributed by atoms with E-state index in [4.69, 9.17) is 9.47 Å². The van der Waals surface area contributed by atoms with E-state index in [-0.39, 0.29) is 5.97 Å². The van der Waals surface area contributed by atoms with Gasteiger partial charge >= 0.3 is 5.97 Å². The summed E-state index contributed by atoms with van der Waals surface area (Å²) in [6, 6.07) is 1.97. The number of hydrogen-bond acceptors (Lipinski definition) is 3. The zero-order valence-electron chi connectivity index (χ0n) is 9.49. The van der Waals surface area contributed by atoms with Crippen LogP contribution in [0.25, 0.3) is 0 Å². The molecule has 4 heteroatoms. The van der Waals surface area contributed by atoms with Crippen LogP contribution < -0.4 is 0 Å². The first-order valence-electron chi connectivity index (χ1n) is 5.75. The molecule has 1 N–H and O–H groups in total. The predicted molar refractivity (Wildman–Crippen MR) is 59.5 cm³/mol. The van der Waals surface area contributed by atoms with Crippen LogP contribution in [-0.4, -0.2) is 30.8 Å². The zero-order chi connectivity index (χ0) is 11.4. The van der Waals surface area contributed by atoms with Crippen LogP contribution in [0.2, 0.25) is 0 Å². The van der Waals surface area contributed by atoms with E-state index in [0.717, 1.165) is 31.6 Å². The Morgan fingerprint density at radius 1 is 1.56 bits per heavy atom. The molecule has 1 saturated heterocycles. The minimum Gasteiger partial charge on any atom is -0.461 e. The van der Waals surface area contributed by atoms with Gasteiger partial charge in [0.05, 0.1) is 6.61 Å². The summed E-state index contributed by atoms with van der Waals surface area (Å²) < 4.78 is 10.3. The lowest BCUT2D eigenvalue weighted by atomic mass is 9.92. The number of esters is 1. The fourth-order valence-corrected chi connectivity index (χ4v) is 2.11. The molecule has 0 unspecified atom stereocenters. The van der Waals surface area contributed by atoms with E-state index < -0.39 is 0 Å². The molecule has 0 saturated carbocycles. The standard InChI is InChI=1S/C12H17NO3/c1-2-16-12(14)11-10(3-6-13-11)9-4-7-15-8-5-9/h3,6,9,13H,2,4-5,7-8H2,1H3. The van der Waals surface area contributed by atoms with Crippen molar-refractivity contribution in [2.75, 3.05) is 19.8 Å². The van der Waals surface area contributed by atoms with Crippen molar-refractivity contribution in [3.05, 3.63) is 23.5 Å². The summed E-state index contributed by atoms with van der Waals surface area (Å²) in [6.45, 7) is 3.77. The fourth-order valence-electron chi connectivity index (χ4n) is 2.11. The van der Waals surface area contributed by atoms with Crippen LogP contribution in [0.4, 0.5) is 0 Å². The number of ether oxygens (including phenoxy) is 2. The minimum atomic E-state index is -0.256. The largest absolute Gasteiger partial charge is 0.461 e. The van der Waals surface area contributed by atoms with Crippen LogP contribution in [0, 0.1) is 0 Å². The molecule has 2 rings (SSSR count). The Balaban J connectivity index is 2.14. The van der Waals surface area contributed by atoms with Crippen LogP contribution in [-0.2, 0) is 9.47 Å². The molecule has 16 heavy (non-hydrogen) atoms. The highest BCUT2D eigenvalue weighted by Gasteiger charge is 2.23. The highest BCUT2D eigenvalue weighted by Crippen LogP contribution is 2.29. The number of aromatic amines is 1. The molecule has 1 aromatic rings. The molecule has 0 atom stereocenters. The van der Waals surface area contributed by atoms with Gasteiger partial charge in [-0.15, -0.1) is 0 Å². The third-order valence-corrected chi connectivity index (χ3v) is 2.92. The second kappa shape index (κ2) is 5.16. The van der Waals surface area contributed by atoms with E-state index in [0.29, 0.717) is 18.2 Å². The summed E-state index contributed by atoms with van der Waals surface area (Å²) in [4.78, 5) is 14.7. The van der Waals surface area contributed by atoms with E-state index in [1.165, 1.54) is 0 Å². The van der Waals surface area contributed by atoms with Crippen molar-refractivity contribution < 1.29 is 14.3 Å². The van der Waals surface area contributed by atoms with Gasteiger partial charge in [-0.1, -0.05) is 0 Å². The first-order chi connectivity index (χ1) is 7.83. The molecule has 0 radical (unpaired) electrons. The number of aromatic nitrogens is 1. The molecular formula is C12H17NO3. The quantitative estimate of drug-likeness (QED) is 0.798. The second-order valence-corrected chi connectivity index (χ2v) is 3.92. The highest BCUT2D eigenvalue weighted by molar-refractivity contribution is 5.89. The molecule has 2 heterocycles. The van der Waals surface area contributed by atoms with E-state index in [1.807, 2.05) is 13.0 Å². The number of H-pyrrole nitrogens is 1. The van der Waals surface area contributed by atoms with Gasteiger partial charge in [0.2, 0.25) is 0 Å². The normalized spacial score (nSPS) is 17.3. The summed E-state index contributed by atoms with van der Waals surface area (Å²) >= 11 is 0. The lowest BCUT2D eigenvalue weighted by Crippen LogP contribution is -2.17. The Labute approximate surface area is 94.9 Å². The van der Waals surface area contributed by atoms with Gasteiger partial charge in [-0.25, -0.2) is 4.79 Å². The van der Waals surface area contributed by atoms with Gasteiger partial charge < -0.3 is 14.5 Å². The van der Waals surface area contributed by atoms with Gasteiger partial charge in [-0.2, -0.15) is 0 Å². The summed E-state index contributed by atoms with van der Waals surface area (Å²) in [7, 11) is 0. The number of carbonyl (C=O) groups excluding carboxylic acids is 1. The third kappa shape index (κ3) is 2.27. The van der Waals surface area contributed by atoms with Crippen LogP contribution in [0.5, 0.6) is 0 Å². The Bertz CT molecular complexity index is 353. The monoisotopic (exact) mass is 223 g/mol. The van der Waals surface area contributed by atoms with Crippen molar-refractivity contribution in [1.29, 1.82) is 0 Å². The molecule has 1 aliphatic rings. The number of rotatable bonds is 3. The van der Waals surface area contributed by atoms with Gasteiger partial charge in [0.25, 0.3) is 0 Å². The van der Waals surface area contributed by atoms with Crippen molar-refractivity contribution in [3.63, 3.8) is 0 Å². The Kier molecular flexibility index (Phi) is 3.62. The van der Waals surface area contributed by atoms with Crippen molar-refractivity contribution in [1.82, 2.24) is 4.98 Å². The van der Waals surface area contributed by atoms with Gasteiger partial charge in [0.15, 0.2) is 0 Å². The van der Waals surface area contributed by atoms with E-state index >= 15 is 0 Å². The van der Waals surface area contributed by atoms with Gasteiger partial charge in [-0.05, 0) is 37.3 Å². The van der Waals surface area contributed by atoms with E-state index in [9.17, 15) is 4.79 Å². The SMILES string of the molecule is CCOC(=O)c1[nH]ccc1C1CCOCC1. The molecule has 0 spiro atoms. The fraction of sp³-hybridized carbons (Fsp3) is 0.583. The van der Waals surface area contributed by atoms with Gasteiger partial charge in [0, 0.05) is 19.4 Å². The van der Waals surface area contributed by atoms with Crippen LogP contribution in [0.15, 0.2) is 12.3 Å². The number of carbonyl (C=O) groups is 1. The Morgan fingerprint density at radius 3 is 3.00 bits per heavy atom. The topological polar surface area (TPSA) is 51.3 Å². The smallest absolute Gasteiger partial charge is 0.355 e. The lowest BCUT2D eigenvalue weighted by Gasteiger charge is -2.22. The first-order valence-corrected chi connectivity index (χ1v) is 5.75. The molecule has 88 valence electrons. The predicted octanol–water partition coefficient (Wildman–Crippen LogP) is 2.09. The molecule has 0 aromatic carbocycles. The number of nitrogens with one attached hydrogen (secondary N) is 1. The Hall–Kier alpha value is -1.29. The maximum Gasteiger partial charge on any atom is 0.355 e. The maximum absolute atomic E-state index is 11.7. The Morgan fingerprint density at radius 2 is 2.31 bits per heavy atom. The van der Waals surface area contributed by atoms with Crippen LogP contribution in [0.3, 0.4) is 0 Å². The molecule has 0 amide bonds. The summed E-state index contributed by atoms with van der Waals surface area (Å²) in [6.07, 6.45) is 3.76.